The van der Waals surface area contributed by atoms with Gasteiger partial charge in [-0.15, -0.1) is 0 Å². The van der Waals surface area contributed by atoms with Crippen LogP contribution in [0.5, 0.6) is 5.75 Å². The standard InChI is InChI=1S/C21H22ClFN2O3/c1-25(13-19(26)24-17-12-15(22)7-8-18(17)28-2)20(27)21(9-4-10-21)14-5-3-6-16(23)11-14/h3,5-8,11-12H,4,9-10,13H2,1-2H3,(H,24,26). The molecule has 2 aromatic rings. The number of carbonyl (C=O) groups is 2. The van der Waals surface area contributed by atoms with E-state index < -0.39 is 5.41 Å². The van der Waals surface area contributed by atoms with Crippen molar-refractivity contribution in [1.29, 1.82) is 0 Å². The Morgan fingerprint density at radius 2 is 2.00 bits per heavy atom. The van der Waals surface area contributed by atoms with Crippen LogP contribution in [0, 0.1) is 5.82 Å². The maximum Gasteiger partial charge on any atom is 0.244 e. The summed E-state index contributed by atoms with van der Waals surface area (Å²) in [5, 5.41) is 3.18. The Bertz CT molecular complexity index is 899. The summed E-state index contributed by atoms with van der Waals surface area (Å²) in [4.78, 5) is 27.0. The molecule has 1 saturated carbocycles. The summed E-state index contributed by atoms with van der Waals surface area (Å²) in [6.07, 6.45) is 2.18. The molecular formula is C21H22ClFN2O3. The zero-order chi connectivity index (χ0) is 20.3. The average Bonchev–Trinajstić information content (AvgIpc) is 2.61. The van der Waals surface area contributed by atoms with Gasteiger partial charge in [-0.25, -0.2) is 4.39 Å². The summed E-state index contributed by atoms with van der Waals surface area (Å²) in [6, 6.07) is 11.0. The highest BCUT2D eigenvalue weighted by Crippen LogP contribution is 2.45. The van der Waals surface area contributed by atoms with Gasteiger partial charge >= 0.3 is 0 Å². The van der Waals surface area contributed by atoms with Crippen molar-refractivity contribution in [1.82, 2.24) is 4.90 Å². The highest BCUT2D eigenvalue weighted by molar-refractivity contribution is 6.31. The molecule has 1 fully saturated rings. The fourth-order valence-electron chi connectivity index (χ4n) is 3.56. The van der Waals surface area contributed by atoms with Crippen LogP contribution >= 0.6 is 11.6 Å². The number of carbonyl (C=O) groups excluding carboxylic acids is 2. The first kappa shape index (κ1) is 20.1. The topological polar surface area (TPSA) is 58.6 Å². The predicted molar refractivity (Wildman–Crippen MR) is 106 cm³/mol. The molecule has 3 rings (SSSR count). The zero-order valence-corrected chi connectivity index (χ0v) is 16.6. The van der Waals surface area contributed by atoms with Crippen LogP contribution in [0.15, 0.2) is 42.5 Å². The summed E-state index contributed by atoms with van der Waals surface area (Å²) in [5.41, 5.74) is 0.335. The van der Waals surface area contributed by atoms with E-state index in [-0.39, 0.29) is 24.2 Å². The van der Waals surface area contributed by atoms with E-state index in [0.717, 1.165) is 6.42 Å². The lowest BCUT2D eigenvalue weighted by molar-refractivity contribution is -0.141. The minimum atomic E-state index is -0.759. The van der Waals surface area contributed by atoms with Crippen LogP contribution in [0.4, 0.5) is 10.1 Å². The molecule has 1 aliphatic carbocycles. The van der Waals surface area contributed by atoms with E-state index in [4.69, 9.17) is 16.3 Å². The largest absolute Gasteiger partial charge is 0.495 e. The molecule has 0 aliphatic heterocycles. The van der Waals surface area contributed by atoms with Gasteiger partial charge in [0.2, 0.25) is 11.8 Å². The number of anilines is 1. The third kappa shape index (κ3) is 3.97. The number of hydrogen-bond acceptors (Lipinski definition) is 3. The van der Waals surface area contributed by atoms with Crippen molar-refractivity contribution in [2.24, 2.45) is 0 Å². The van der Waals surface area contributed by atoms with Crippen molar-refractivity contribution >= 4 is 29.1 Å². The van der Waals surface area contributed by atoms with Crippen LogP contribution in [0.2, 0.25) is 5.02 Å². The van der Waals surface area contributed by atoms with Gasteiger partial charge in [-0.2, -0.15) is 0 Å². The first-order valence-electron chi connectivity index (χ1n) is 9.01. The fourth-order valence-corrected chi connectivity index (χ4v) is 3.73. The first-order chi connectivity index (χ1) is 13.4. The minimum absolute atomic E-state index is 0.133. The number of likely N-dealkylation sites (N-methyl/N-ethyl adjacent to an activating group) is 1. The van der Waals surface area contributed by atoms with Crippen molar-refractivity contribution in [2.75, 3.05) is 26.0 Å². The van der Waals surface area contributed by atoms with Gasteiger partial charge in [0.25, 0.3) is 0 Å². The molecule has 2 amide bonds. The normalized spacial score (nSPS) is 14.7. The zero-order valence-electron chi connectivity index (χ0n) is 15.8. The number of benzene rings is 2. The van der Waals surface area contributed by atoms with Crippen molar-refractivity contribution in [2.45, 2.75) is 24.7 Å². The molecule has 2 aromatic carbocycles. The average molecular weight is 405 g/mol. The van der Waals surface area contributed by atoms with Gasteiger partial charge in [-0.3, -0.25) is 9.59 Å². The number of amides is 2. The summed E-state index contributed by atoms with van der Waals surface area (Å²) in [5.74, 6) is -0.449. The second-order valence-corrected chi connectivity index (χ2v) is 7.44. The quantitative estimate of drug-likeness (QED) is 0.791. The molecule has 0 saturated heterocycles. The second-order valence-electron chi connectivity index (χ2n) is 7.00. The van der Waals surface area contributed by atoms with E-state index >= 15 is 0 Å². The summed E-state index contributed by atoms with van der Waals surface area (Å²) >= 11 is 5.98. The highest BCUT2D eigenvalue weighted by atomic mass is 35.5. The van der Waals surface area contributed by atoms with Crippen LogP contribution in [0.25, 0.3) is 0 Å². The summed E-state index contributed by atoms with van der Waals surface area (Å²) < 4.78 is 18.9. The van der Waals surface area contributed by atoms with E-state index in [0.29, 0.717) is 34.9 Å². The minimum Gasteiger partial charge on any atom is -0.495 e. The maximum atomic E-state index is 13.7. The molecule has 0 unspecified atom stereocenters. The van der Waals surface area contributed by atoms with E-state index in [2.05, 4.69) is 5.32 Å². The fraction of sp³-hybridized carbons (Fsp3) is 0.333. The van der Waals surface area contributed by atoms with Gasteiger partial charge in [0.15, 0.2) is 0 Å². The molecule has 148 valence electrons. The Kier molecular flexibility index (Phi) is 5.89. The Morgan fingerprint density at radius 3 is 2.61 bits per heavy atom. The molecule has 1 aliphatic rings. The molecule has 7 heteroatoms. The van der Waals surface area contributed by atoms with Crippen molar-refractivity contribution in [3.63, 3.8) is 0 Å². The molecular weight excluding hydrogens is 383 g/mol. The lowest BCUT2D eigenvalue weighted by atomic mass is 9.63. The van der Waals surface area contributed by atoms with Gasteiger partial charge in [0.1, 0.15) is 11.6 Å². The van der Waals surface area contributed by atoms with Crippen LogP contribution in [0.3, 0.4) is 0 Å². The second kappa shape index (κ2) is 8.19. The number of nitrogens with one attached hydrogen (secondary N) is 1. The number of halogens is 2. The predicted octanol–water partition coefficient (Wildman–Crippen LogP) is 4.01. The van der Waals surface area contributed by atoms with Gasteiger partial charge in [-0.1, -0.05) is 30.2 Å². The van der Waals surface area contributed by atoms with Gasteiger partial charge in [-0.05, 0) is 48.7 Å². The number of methoxy groups -OCH3 is 1. The Labute approximate surface area is 168 Å². The molecule has 0 aromatic heterocycles. The van der Waals surface area contributed by atoms with Crippen LogP contribution < -0.4 is 10.1 Å². The molecule has 1 N–H and O–H groups in total. The summed E-state index contributed by atoms with van der Waals surface area (Å²) in [6.45, 7) is -0.133. The lowest BCUT2D eigenvalue weighted by Crippen LogP contribution is -2.51. The maximum absolute atomic E-state index is 13.7. The Hall–Kier alpha value is -2.60. The van der Waals surface area contributed by atoms with Gasteiger partial charge < -0.3 is 15.0 Å². The van der Waals surface area contributed by atoms with E-state index in [1.807, 2.05) is 0 Å². The molecule has 0 atom stereocenters. The van der Waals surface area contributed by atoms with Crippen molar-refractivity contribution < 1.29 is 18.7 Å². The highest BCUT2D eigenvalue weighted by Gasteiger charge is 2.47. The van der Waals surface area contributed by atoms with Crippen LogP contribution in [-0.2, 0) is 15.0 Å². The third-order valence-electron chi connectivity index (χ3n) is 5.16. The van der Waals surface area contributed by atoms with E-state index in [1.54, 1.807) is 37.4 Å². The molecule has 0 bridgehead atoms. The molecule has 0 heterocycles. The molecule has 0 spiro atoms. The Morgan fingerprint density at radius 1 is 1.25 bits per heavy atom. The van der Waals surface area contributed by atoms with Gasteiger partial charge in [0.05, 0.1) is 24.8 Å². The van der Waals surface area contributed by atoms with Gasteiger partial charge in [0, 0.05) is 12.1 Å². The van der Waals surface area contributed by atoms with E-state index in [1.165, 1.54) is 24.1 Å². The number of ether oxygens (including phenoxy) is 1. The first-order valence-corrected chi connectivity index (χ1v) is 9.38. The lowest BCUT2D eigenvalue weighted by Gasteiger charge is -2.43. The van der Waals surface area contributed by atoms with Crippen molar-refractivity contribution in [3.05, 3.63) is 58.9 Å². The Balaban J connectivity index is 1.72. The third-order valence-corrected chi connectivity index (χ3v) is 5.39. The smallest absolute Gasteiger partial charge is 0.244 e. The monoisotopic (exact) mass is 404 g/mol. The number of rotatable bonds is 6. The van der Waals surface area contributed by atoms with Crippen molar-refractivity contribution in [3.8, 4) is 5.75 Å². The molecule has 5 nitrogen and oxygen atoms in total. The summed E-state index contributed by atoms with van der Waals surface area (Å²) in [7, 11) is 3.07. The number of hydrogen-bond donors (Lipinski definition) is 1. The van der Waals surface area contributed by atoms with E-state index in [9.17, 15) is 14.0 Å². The molecule has 28 heavy (non-hydrogen) atoms. The van der Waals surface area contributed by atoms with Crippen LogP contribution in [-0.4, -0.2) is 37.4 Å². The SMILES string of the molecule is COc1ccc(Cl)cc1NC(=O)CN(C)C(=O)C1(c2cccc(F)c2)CCC1. The van der Waals surface area contributed by atoms with Crippen LogP contribution in [0.1, 0.15) is 24.8 Å². The number of nitrogens with zero attached hydrogens (tertiary/aromatic N) is 1. The molecule has 0 radical (unpaired) electrons.